The number of hydrogen-bond donors (Lipinski definition) is 0. The Morgan fingerprint density at radius 2 is 1.07 bits per heavy atom. The molecule has 170 valence electrons. The van der Waals surface area contributed by atoms with Gasteiger partial charge in [0, 0.05) is 6.42 Å². The van der Waals surface area contributed by atoms with E-state index in [0.717, 1.165) is 0 Å². The summed E-state index contributed by atoms with van der Waals surface area (Å²) in [5, 5.41) is 0. The zero-order valence-electron chi connectivity index (χ0n) is 20.4. The van der Waals surface area contributed by atoms with Crippen molar-refractivity contribution in [1.82, 2.24) is 4.57 Å². The molecule has 0 aliphatic carbocycles. The zero-order valence-corrected chi connectivity index (χ0v) is 20.4. The highest BCUT2D eigenvalue weighted by atomic mass is 15.1. The van der Waals surface area contributed by atoms with Gasteiger partial charge in [0.25, 0.3) is 5.82 Å². The van der Waals surface area contributed by atoms with Crippen molar-refractivity contribution < 1.29 is 4.57 Å². The Bertz CT molecular complexity index is 463. The van der Waals surface area contributed by atoms with Gasteiger partial charge in [0.05, 0.1) is 13.1 Å². The van der Waals surface area contributed by atoms with E-state index in [9.17, 15) is 0 Å². The highest BCUT2D eigenvalue weighted by molar-refractivity contribution is 4.84. The number of rotatable bonds is 21. The van der Waals surface area contributed by atoms with Gasteiger partial charge in [-0.1, -0.05) is 104 Å². The molecule has 2 nitrogen and oxygen atoms in total. The molecule has 1 heterocycles. The highest BCUT2D eigenvalue weighted by Crippen LogP contribution is 2.12. The van der Waals surface area contributed by atoms with Crippen LogP contribution in [0.4, 0.5) is 0 Å². The molecule has 0 N–H and O–H groups in total. The number of aryl methyl sites for hydroxylation is 2. The molecule has 1 aromatic rings. The van der Waals surface area contributed by atoms with E-state index >= 15 is 0 Å². The van der Waals surface area contributed by atoms with Gasteiger partial charge in [-0.15, -0.1) is 0 Å². The Balaban J connectivity index is 2.35. The van der Waals surface area contributed by atoms with E-state index in [1.54, 1.807) is 5.82 Å². The first-order valence-corrected chi connectivity index (χ1v) is 13.4. The fraction of sp³-hybridized carbons (Fsp3) is 0.889. The Hall–Kier alpha value is -0.790. The van der Waals surface area contributed by atoms with Crippen LogP contribution in [0.15, 0.2) is 12.4 Å². The van der Waals surface area contributed by atoms with Gasteiger partial charge in [-0.2, -0.15) is 0 Å². The third kappa shape index (κ3) is 13.2. The lowest BCUT2D eigenvalue weighted by Crippen LogP contribution is -2.37. The molecular weight excluding hydrogens is 352 g/mol. The Morgan fingerprint density at radius 1 is 0.586 bits per heavy atom. The summed E-state index contributed by atoms with van der Waals surface area (Å²) in [6.07, 6.45) is 31.1. The normalized spacial score (nSPS) is 11.4. The average molecular weight is 406 g/mol. The molecule has 0 atom stereocenters. The molecule has 0 aliphatic heterocycles. The van der Waals surface area contributed by atoms with Crippen molar-refractivity contribution >= 4 is 0 Å². The van der Waals surface area contributed by atoms with Crippen molar-refractivity contribution in [2.45, 2.75) is 156 Å². The van der Waals surface area contributed by atoms with Crippen LogP contribution >= 0.6 is 0 Å². The van der Waals surface area contributed by atoms with E-state index in [1.807, 2.05) is 0 Å². The van der Waals surface area contributed by atoms with E-state index in [4.69, 9.17) is 0 Å². The molecule has 1 rings (SSSR count). The summed E-state index contributed by atoms with van der Waals surface area (Å²) < 4.78 is 5.16. The summed E-state index contributed by atoms with van der Waals surface area (Å²) in [5.41, 5.74) is 0. The van der Waals surface area contributed by atoms with Crippen molar-refractivity contribution in [2.24, 2.45) is 0 Å². The maximum atomic E-state index is 2.58. The van der Waals surface area contributed by atoms with Crippen LogP contribution in [0, 0.1) is 0 Å². The van der Waals surface area contributed by atoms with Crippen LogP contribution in [0.3, 0.4) is 0 Å². The predicted octanol–water partition coefficient (Wildman–Crippen LogP) is 8.40. The van der Waals surface area contributed by atoms with Crippen molar-refractivity contribution in [1.29, 1.82) is 0 Å². The minimum atomic E-state index is 1.22. The van der Waals surface area contributed by atoms with Crippen molar-refractivity contribution in [2.75, 3.05) is 0 Å². The molecule has 0 aliphatic rings. The van der Waals surface area contributed by atoms with Crippen LogP contribution in [0.2, 0.25) is 0 Å². The Morgan fingerprint density at radius 3 is 1.66 bits per heavy atom. The molecule has 0 bridgehead atoms. The van der Waals surface area contributed by atoms with Gasteiger partial charge < -0.3 is 0 Å². The van der Waals surface area contributed by atoms with Crippen LogP contribution in [0.5, 0.6) is 0 Å². The van der Waals surface area contributed by atoms with Crippen LogP contribution in [0.1, 0.15) is 142 Å². The molecule has 0 amide bonds. The van der Waals surface area contributed by atoms with Crippen LogP contribution < -0.4 is 4.57 Å². The fourth-order valence-electron chi connectivity index (χ4n) is 4.38. The number of nitrogens with zero attached hydrogens (tertiary/aromatic N) is 2. The summed E-state index contributed by atoms with van der Waals surface area (Å²) in [5.74, 6) is 1.59. The third-order valence-electron chi connectivity index (χ3n) is 6.35. The van der Waals surface area contributed by atoms with Crippen LogP contribution in [0.25, 0.3) is 0 Å². The second-order valence-corrected chi connectivity index (χ2v) is 9.15. The molecule has 29 heavy (non-hydrogen) atoms. The highest BCUT2D eigenvalue weighted by Gasteiger charge is 2.16. The van der Waals surface area contributed by atoms with Crippen molar-refractivity contribution in [3.05, 3.63) is 18.2 Å². The van der Waals surface area contributed by atoms with Crippen LogP contribution in [-0.2, 0) is 19.5 Å². The molecule has 0 spiro atoms. The van der Waals surface area contributed by atoms with E-state index in [0.29, 0.717) is 0 Å². The predicted molar refractivity (Wildman–Crippen MR) is 128 cm³/mol. The fourth-order valence-corrected chi connectivity index (χ4v) is 4.38. The first-order valence-electron chi connectivity index (χ1n) is 13.4. The maximum Gasteiger partial charge on any atom is 0.256 e. The maximum absolute atomic E-state index is 2.58. The first kappa shape index (κ1) is 26.2. The summed E-state index contributed by atoms with van der Waals surface area (Å²) in [7, 11) is 0. The largest absolute Gasteiger partial charge is 0.256 e. The second kappa shape index (κ2) is 19.2. The minimum absolute atomic E-state index is 1.22. The standard InChI is InChI=1S/C27H53N2/c1-4-7-10-13-14-15-16-18-21-24-29-26-25-28(23-20-17-11-8-5-2)27(29)22-19-12-9-6-3/h25-26H,4-24H2,1-3H3/q+1. The molecule has 0 fully saturated rings. The molecule has 0 saturated heterocycles. The zero-order chi connectivity index (χ0) is 21.0. The van der Waals surface area contributed by atoms with Gasteiger partial charge in [-0.25, -0.2) is 9.13 Å². The summed E-state index contributed by atoms with van der Waals surface area (Å²) in [4.78, 5) is 0. The van der Waals surface area contributed by atoms with E-state index in [1.165, 1.54) is 135 Å². The summed E-state index contributed by atoms with van der Waals surface area (Å²) in [6.45, 7) is 9.35. The third-order valence-corrected chi connectivity index (χ3v) is 6.35. The quantitative estimate of drug-likeness (QED) is 0.143. The molecule has 0 aromatic carbocycles. The second-order valence-electron chi connectivity index (χ2n) is 9.15. The lowest BCUT2D eigenvalue weighted by atomic mass is 10.1. The number of imidazole rings is 1. The van der Waals surface area contributed by atoms with Gasteiger partial charge >= 0.3 is 0 Å². The SMILES string of the molecule is CCCCCCCCCCCn1cc[n+](CCCCCCC)c1CCCCCC. The molecular formula is C27H53N2+. The molecule has 1 aromatic heterocycles. The van der Waals surface area contributed by atoms with Gasteiger partial charge in [0.15, 0.2) is 0 Å². The van der Waals surface area contributed by atoms with Gasteiger partial charge in [-0.05, 0) is 32.1 Å². The summed E-state index contributed by atoms with van der Waals surface area (Å²) in [6, 6.07) is 0. The monoisotopic (exact) mass is 405 g/mol. The lowest BCUT2D eigenvalue weighted by Gasteiger charge is -2.06. The smallest absolute Gasteiger partial charge is 0.234 e. The van der Waals surface area contributed by atoms with Gasteiger partial charge in [-0.3, -0.25) is 0 Å². The average Bonchev–Trinajstić information content (AvgIpc) is 3.11. The lowest BCUT2D eigenvalue weighted by molar-refractivity contribution is -0.704. The number of unbranched alkanes of at least 4 members (excludes halogenated alkanes) is 15. The Labute approximate surface area is 183 Å². The molecule has 0 saturated carbocycles. The van der Waals surface area contributed by atoms with Gasteiger partial charge in [0.2, 0.25) is 0 Å². The van der Waals surface area contributed by atoms with Gasteiger partial charge in [0.1, 0.15) is 12.4 Å². The number of aromatic nitrogens is 2. The van der Waals surface area contributed by atoms with Crippen LogP contribution in [-0.4, -0.2) is 4.57 Å². The first-order chi connectivity index (χ1) is 14.3. The Kier molecular flexibility index (Phi) is 17.4. The molecule has 0 unspecified atom stereocenters. The van der Waals surface area contributed by atoms with E-state index in [2.05, 4.69) is 42.3 Å². The minimum Gasteiger partial charge on any atom is -0.234 e. The van der Waals surface area contributed by atoms with Crippen molar-refractivity contribution in [3.8, 4) is 0 Å². The van der Waals surface area contributed by atoms with E-state index < -0.39 is 0 Å². The molecule has 2 heteroatoms. The van der Waals surface area contributed by atoms with Crippen molar-refractivity contribution in [3.63, 3.8) is 0 Å². The number of hydrogen-bond acceptors (Lipinski definition) is 0. The van der Waals surface area contributed by atoms with E-state index in [-0.39, 0.29) is 0 Å². The topological polar surface area (TPSA) is 8.81 Å². The summed E-state index contributed by atoms with van der Waals surface area (Å²) >= 11 is 0. The molecule has 0 radical (unpaired) electrons.